The number of hydrogen-bond donors (Lipinski definition) is 0. The molecule has 0 amide bonds. The number of hydrogen-bond acceptors (Lipinski definition) is 4. The number of carbonyl (C=O) groups excluding carboxylic acids is 1. The van der Waals surface area contributed by atoms with Gasteiger partial charge in [0.1, 0.15) is 11.8 Å². The van der Waals surface area contributed by atoms with Crippen LogP contribution in [-0.4, -0.2) is 18.1 Å². The summed E-state index contributed by atoms with van der Waals surface area (Å²) in [4.78, 5) is 14.7. The van der Waals surface area contributed by atoms with Gasteiger partial charge in [0.05, 0.1) is 13.5 Å². The van der Waals surface area contributed by atoms with E-state index in [1.165, 1.54) is 7.11 Å². The number of carbonyl (C=O) groups is 1. The SMILES string of the molecule is COC(=O)CC=Cc1cccnc1C#N. The molecule has 0 fully saturated rings. The highest BCUT2D eigenvalue weighted by Gasteiger charge is 1.98. The van der Waals surface area contributed by atoms with E-state index in [-0.39, 0.29) is 12.4 Å². The van der Waals surface area contributed by atoms with Crippen molar-refractivity contribution in [3.8, 4) is 6.07 Å². The second-order valence-electron chi connectivity index (χ2n) is 2.74. The van der Waals surface area contributed by atoms with Gasteiger partial charge in [-0.25, -0.2) is 4.98 Å². The zero-order valence-corrected chi connectivity index (χ0v) is 8.30. The third-order valence-corrected chi connectivity index (χ3v) is 1.75. The van der Waals surface area contributed by atoms with Crippen LogP contribution in [0.4, 0.5) is 0 Å². The van der Waals surface area contributed by atoms with Crippen molar-refractivity contribution < 1.29 is 9.53 Å². The molecule has 0 N–H and O–H groups in total. The van der Waals surface area contributed by atoms with Gasteiger partial charge in [-0.15, -0.1) is 0 Å². The van der Waals surface area contributed by atoms with Crippen LogP contribution in [0.15, 0.2) is 24.4 Å². The minimum atomic E-state index is -0.311. The Morgan fingerprint density at radius 2 is 2.53 bits per heavy atom. The smallest absolute Gasteiger partial charge is 0.309 e. The molecule has 4 nitrogen and oxygen atoms in total. The van der Waals surface area contributed by atoms with Gasteiger partial charge in [0, 0.05) is 11.8 Å². The lowest BCUT2D eigenvalue weighted by atomic mass is 10.2. The normalized spacial score (nSPS) is 9.87. The van der Waals surface area contributed by atoms with Crippen LogP contribution in [-0.2, 0) is 9.53 Å². The number of methoxy groups -OCH3 is 1. The van der Waals surface area contributed by atoms with E-state index in [1.54, 1.807) is 30.5 Å². The number of ether oxygens (including phenoxy) is 1. The summed E-state index contributed by atoms with van der Waals surface area (Å²) in [6.45, 7) is 0. The van der Waals surface area contributed by atoms with Gasteiger partial charge in [-0.1, -0.05) is 18.2 Å². The van der Waals surface area contributed by atoms with E-state index in [2.05, 4.69) is 9.72 Å². The van der Waals surface area contributed by atoms with Crippen LogP contribution in [0.25, 0.3) is 6.08 Å². The third-order valence-electron chi connectivity index (χ3n) is 1.75. The molecular formula is C11H10N2O2. The highest BCUT2D eigenvalue weighted by Crippen LogP contribution is 2.06. The van der Waals surface area contributed by atoms with Gasteiger partial charge in [-0.2, -0.15) is 5.26 Å². The predicted molar refractivity (Wildman–Crippen MR) is 54.6 cm³/mol. The summed E-state index contributed by atoms with van der Waals surface area (Å²) in [5.74, 6) is -0.311. The van der Waals surface area contributed by atoms with Crippen LogP contribution in [0.2, 0.25) is 0 Å². The fourth-order valence-electron chi connectivity index (χ4n) is 1.01. The van der Waals surface area contributed by atoms with E-state index in [0.29, 0.717) is 11.3 Å². The average Bonchev–Trinajstić information content (AvgIpc) is 2.29. The number of aromatic nitrogens is 1. The maximum absolute atomic E-state index is 10.8. The Balaban J connectivity index is 2.73. The van der Waals surface area contributed by atoms with Crippen molar-refractivity contribution >= 4 is 12.0 Å². The van der Waals surface area contributed by atoms with Crippen molar-refractivity contribution in [2.24, 2.45) is 0 Å². The van der Waals surface area contributed by atoms with Crippen molar-refractivity contribution in [3.05, 3.63) is 35.7 Å². The summed E-state index contributed by atoms with van der Waals surface area (Å²) < 4.78 is 4.47. The largest absolute Gasteiger partial charge is 0.469 e. The minimum absolute atomic E-state index is 0.191. The first-order chi connectivity index (χ1) is 7.27. The monoisotopic (exact) mass is 202 g/mol. The molecule has 15 heavy (non-hydrogen) atoms. The molecule has 0 aliphatic rings. The molecule has 1 aromatic heterocycles. The Morgan fingerprint density at radius 3 is 3.20 bits per heavy atom. The molecule has 1 heterocycles. The molecule has 0 saturated heterocycles. The molecule has 0 spiro atoms. The number of pyridine rings is 1. The van der Waals surface area contributed by atoms with E-state index in [9.17, 15) is 4.79 Å². The van der Waals surface area contributed by atoms with Crippen molar-refractivity contribution in [1.29, 1.82) is 5.26 Å². The Hall–Kier alpha value is -2.15. The lowest BCUT2D eigenvalue weighted by Gasteiger charge is -1.95. The topological polar surface area (TPSA) is 63.0 Å². The molecule has 0 bridgehead atoms. The Morgan fingerprint density at radius 1 is 1.73 bits per heavy atom. The lowest BCUT2D eigenvalue weighted by molar-refractivity contribution is -0.139. The fourth-order valence-corrected chi connectivity index (χ4v) is 1.01. The summed E-state index contributed by atoms with van der Waals surface area (Å²) in [6, 6.07) is 5.47. The second kappa shape index (κ2) is 5.55. The molecule has 4 heteroatoms. The van der Waals surface area contributed by atoms with Gasteiger partial charge >= 0.3 is 5.97 Å². The van der Waals surface area contributed by atoms with Crippen LogP contribution < -0.4 is 0 Å². The molecular weight excluding hydrogens is 192 g/mol. The van der Waals surface area contributed by atoms with Crippen molar-refractivity contribution in [2.45, 2.75) is 6.42 Å². The Bertz CT molecular complexity index is 419. The lowest BCUT2D eigenvalue weighted by Crippen LogP contribution is -1.96. The first kappa shape index (κ1) is 10.9. The first-order valence-corrected chi connectivity index (χ1v) is 4.36. The van der Waals surface area contributed by atoms with E-state index in [1.807, 2.05) is 6.07 Å². The van der Waals surface area contributed by atoms with E-state index in [0.717, 1.165) is 0 Å². The van der Waals surface area contributed by atoms with E-state index >= 15 is 0 Å². The Labute approximate surface area is 87.8 Å². The van der Waals surface area contributed by atoms with Gasteiger partial charge in [-0.05, 0) is 6.07 Å². The van der Waals surface area contributed by atoms with Gasteiger partial charge in [0.25, 0.3) is 0 Å². The number of nitrogens with zero attached hydrogens (tertiary/aromatic N) is 2. The molecule has 0 saturated carbocycles. The second-order valence-corrected chi connectivity index (χ2v) is 2.74. The molecule has 0 unspecified atom stereocenters. The van der Waals surface area contributed by atoms with Crippen molar-refractivity contribution in [2.75, 3.05) is 7.11 Å². The van der Waals surface area contributed by atoms with Gasteiger partial charge in [-0.3, -0.25) is 4.79 Å². The zero-order valence-electron chi connectivity index (χ0n) is 8.30. The van der Waals surface area contributed by atoms with Crippen LogP contribution in [0.3, 0.4) is 0 Å². The molecule has 0 aliphatic carbocycles. The van der Waals surface area contributed by atoms with Crippen LogP contribution in [0.1, 0.15) is 17.7 Å². The van der Waals surface area contributed by atoms with Gasteiger partial charge < -0.3 is 4.74 Å². The van der Waals surface area contributed by atoms with Crippen LogP contribution in [0.5, 0.6) is 0 Å². The summed E-state index contributed by atoms with van der Waals surface area (Å²) in [5, 5.41) is 8.74. The molecule has 1 rings (SSSR count). The number of esters is 1. The maximum atomic E-state index is 10.8. The van der Waals surface area contributed by atoms with E-state index < -0.39 is 0 Å². The van der Waals surface area contributed by atoms with E-state index in [4.69, 9.17) is 5.26 Å². The molecule has 0 aliphatic heterocycles. The first-order valence-electron chi connectivity index (χ1n) is 4.36. The summed E-state index contributed by atoms with van der Waals surface area (Å²) in [5.41, 5.74) is 1.04. The molecule has 76 valence electrons. The average molecular weight is 202 g/mol. The molecule has 1 aromatic rings. The molecule has 0 radical (unpaired) electrons. The number of rotatable bonds is 3. The zero-order chi connectivity index (χ0) is 11.1. The fraction of sp³-hybridized carbons (Fsp3) is 0.182. The minimum Gasteiger partial charge on any atom is -0.469 e. The van der Waals surface area contributed by atoms with Crippen LogP contribution in [0, 0.1) is 11.3 Å². The maximum Gasteiger partial charge on any atom is 0.309 e. The summed E-state index contributed by atoms with van der Waals surface area (Å²) in [6.07, 6.45) is 5.07. The van der Waals surface area contributed by atoms with Crippen molar-refractivity contribution in [1.82, 2.24) is 4.98 Å². The standard InChI is InChI=1S/C11H10N2O2/c1-15-11(14)6-2-4-9-5-3-7-13-10(9)8-12/h2-5,7H,6H2,1H3. The predicted octanol–water partition coefficient (Wildman–Crippen LogP) is 1.53. The summed E-state index contributed by atoms with van der Waals surface area (Å²) in [7, 11) is 1.33. The van der Waals surface area contributed by atoms with Crippen molar-refractivity contribution in [3.63, 3.8) is 0 Å². The van der Waals surface area contributed by atoms with Gasteiger partial charge in [0.2, 0.25) is 0 Å². The van der Waals surface area contributed by atoms with Crippen LogP contribution >= 0.6 is 0 Å². The number of nitriles is 1. The Kier molecular flexibility index (Phi) is 4.05. The highest BCUT2D eigenvalue weighted by atomic mass is 16.5. The molecule has 0 atom stereocenters. The van der Waals surface area contributed by atoms with Gasteiger partial charge in [0.15, 0.2) is 0 Å². The summed E-state index contributed by atoms with van der Waals surface area (Å²) >= 11 is 0. The quantitative estimate of drug-likeness (QED) is 0.697. The highest BCUT2D eigenvalue weighted by molar-refractivity contribution is 5.72. The third kappa shape index (κ3) is 3.24. The molecule has 0 aromatic carbocycles.